The molecule has 4 heterocycles. The Morgan fingerprint density at radius 3 is 1.06 bits per heavy atom. The predicted molar refractivity (Wildman–Crippen MR) is 304 cm³/mol. The number of hydrogen-bond donors (Lipinski definition) is 0. The lowest BCUT2D eigenvalue weighted by molar-refractivity contribution is 0.590. The molecular weight excluding hydrogens is 865 g/mol. The summed E-state index contributed by atoms with van der Waals surface area (Å²) < 4.78 is 18.6. The summed E-state index contributed by atoms with van der Waals surface area (Å²) in [5, 5.41) is 14.2. The lowest BCUT2D eigenvalue weighted by atomic mass is 9.85. The van der Waals surface area contributed by atoms with Crippen molar-refractivity contribution in [3.8, 4) is 11.4 Å². The third kappa shape index (κ3) is 6.63. The summed E-state index contributed by atoms with van der Waals surface area (Å²) >= 11 is 0. The van der Waals surface area contributed by atoms with E-state index in [0.29, 0.717) is 0 Å². The third-order valence-corrected chi connectivity index (χ3v) is 15.8. The number of aryl methyl sites for hydroxylation is 1. The first-order valence-electron chi connectivity index (χ1n) is 25.5. The maximum Gasteiger partial charge on any atom is 0.139 e. The van der Waals surface area contributed by atoms with E-state index in [0.717, 1.165) is 71.6 Å². The van der Waals surface area contributed by atoms with Gasteiger partial charge in [0.05, 0.1) is 22.1 Å². The summed E-state index contributed by atoms with van der Waals surface area (Å²) in [6, 6.07) is 53.2. The monoisotopic (exact) mass is 926 g/mol. The molecule has 0 radical (unpaired) electrons. The minimum Gasteiger partial charge on any atom is -0.456 e. The molecule has 0 saturated heterocycles. The molecule has 4 heteroatoms. The SMILES string of the molecule is Cc1cc2oc3cc4cc(-n5c6ccc(C(C)(C)C)cc6c6cc(C(C)(C)C)ccc65)ccc4cc3c2c2c1oc1cc3cc(-n4c5ccc(C(C)(C)C)cc5c5cc(C(C)(C)C)ccc54)ccc3cc12. The van der Waals surface area contributed by atoms with Crippen LogP contribution in [0.15, 0.2) is 148 Å². The van der Waals surface area contributed by atoms with Crippen molar-refractivity contribution in [2.75, 3.05) is 0 Å². The second kappa shape index (κ2) is 14.4. The maximum absolute atomic E-state index is 6.89. The molecule has 0 N–H and O–H groups in total. The summed E-state index contributed by atoms with van der Waals surface area (Å²) in [6.07, 6.45) is 0. The zero-order valence-corrected chi connectivity index (χ0v) is 43.5. The highest BCUT2D eigenvalue weighted by atomic mass is 16.3. The molecule has 4 nitrogen and oxygen atoms in total. The highest BCUT2D eigenvalue weighted by Gasteiger charge is 2.25. The van der Waals surface area contributed by atoms with E-state index in [4.69, 9.17) is 8.83 Å². The van der Waals surface area contributed by atoms with Gasteiger partial charge in [-0.05, 0) is 181 Å². The van der Waals surface area contributed by atoms with Crippen LogP contribution in [0.3, 0.4) is 0 Å². The van der Waals surface area contributed by atoms with Crippen molar-refractivity contribution in [1.82, 2.24) is 9.13 Å². The fraction of sp³-hybridized carbons (Fsp3) is 0.254. The molecule has 4 aromatic heterocycles. The zero-order chi connectivity index (χ0) is 49.4. The number of benzene rings is 9. The number of furan rings is 2. The second-order valence-corrected chi connectivity index (χ2v) is 24.8. The molecule has 0 atom stereocenters. The molecule has 0 aliphatic heterocycles. The van der Waals surface area contributed by atoms with Gasteiger partial charge in [-0.3, -0.25) is 0 Å². The Hall–Kier alpha value is -7.30. The number of nitrogens with zero attached hydrogens (tertiary/aromatic N) is 2. The average molecular weight is 927 g/mol. The maximum atomic E-state index is 6.89. The molecule has 71 heavy (non-hydrogen) atoms. The van der Waals surface area contributed by atoms with Gasteiger partial charge in [0.1, 0.15) is 22.3 Å². The van der Waals surface area contributed by atoms with Gasteiger partial charge in [0.25, 0.3) is 0 Å². The molecule has 352 valence electrons. The quantitative estimate of drug-likeness (QED) is 0.173. The largest absolute Gasteiger partial charge is 0.456 e. The van der Waals surface area contributed by atoms with E-state index in [1.807, 2.05) is 0 Å². The van der Waals surface area contributed by atoms with Gasteiger partial charge < -0.3 is 18.0 Å². The lowest BCUT2D eigenvalue weighted by Gasteiger charge is -2.19. The van der Waals surface area contributed by atoms with Gasteiger partial charge >= 0.3 is 0 Å². The Labute approximate surface area is 415 Å². The van der Waals surface area contributed by atoms with Crippen LogP contribution in [0.5, 0.6) is 0 Å². The molecule has 13 rings (SSSR count). The zero-order valence-electron chi connectivity index (χ0n) is 43.5. The average Bonchev–Trinajstić information content (AvgIpc) is 4.05. The summed E-state index contributed by atoms with van der Waals surface area (Å²) in [4.78, 5) is 0. The predicted octanol–water partition coefficient (Wildman–Crippen LogP) is 19.5. The van der Waals surface area contributed by atoms with E-state index >= 15 is 0 Å². The number of aromatic nitrogens is 2. The summed E-state index contributed by atoms with van der Waals surface area (Å²) in [7, 11) is 0. The molecule has 0 saturated carbocycles. The Bertz CT molecular complexity index is 4290. The van der Waals surface area contributed by atoms with Crippen molar-refractivity contribution < 1.29 is 8.83 Å². The van der Waals surface area contributed by atoms with Crippen LogP contribution in [-0.4, -0.2) is 9.13 Å². The number of hydrogen-bond acceptors (Lipinski definition) is 2. The number of fused-ring (bicyclic) bond motifs is 15. The van der Waals surface area contributed by atoms with Crippen molar-refractivity contribution >= 4 is 109 Å². The molecule has 0 fully saturated rings. The van der Waals surface area contributed by atoms with Gasteiger partial charge in [-0.2, -0.15) is 0 Å². The van der Waals surface area contributed by atoms with Crippen LogP contribution in [-0.2, 0) is 21.7 Å². The molecule has 9 aromatic carbocycles. The Kier molecular flexibility index (Phi) is 8.87. The van der Waals surface area contributed by atoms with Crippen LogP contribution in [0.25, 0.3) is 120 Å². The first-order valence-corrected chi connectivity index (χ1v) is 25.5. The molecule has 0 aliphatic rings. The highest BCUT2D eigenvalue weighted by Crippen LogP contribution is 2.46. The second-order valence-electron chi connectivity index (χ2n) is 24.8. The molecule has 0 aliphatic carbocycles. The lowest BCUT2D eigenvalue weighted by Crippen LogP contribution is -2.10. The molecular formula is C67H62N2O2. The van der Waals surface area contributed by atoms with Crippen LogP contribution in [0.1, 0.15) is 111 Å². The van der Waals surface area contributed by atoms with Gasteiger partial charge in [0.2, 0.25) is 0 Å². The van der Waals surface area contributed by atoms with Gasteiger partial charge in [-0.1, -0.05) is 119 Å². The van der Waals surface area contributed by atoms with E-state index in [-0.39, 0.29) is 21.7 Å². The van der Waals surface area contributed by atoms with E-state index in [1.165, 1.54) is 76.6 Å². The molecule has 13 aromatic rings. The summed E-state index contributed by atoms with van der Waals surface area (Å²) in [6.45, 7) is 29.7. The van der Waals surface area contributed by atoms with Crippen molar-refractivity contribution in [2.24, 2.45) is 0 Å². The summed E-state index contributed by atoms with van der Waals surface area (Å²) in [5.74, 6) is 0. The molecule has 0 bridgehead atoms. The van der Waals surface area contributed by atoms with Crippen molar-refractivity contribution in [2.45, 2.75) is 112 Å². The fourth-order valence-electron chi connectivity index (χ4n) is 11.6. The van der Waals surface area contributed by atoms with Crippen LogP contribution in [0.4, 0.5) is 0 Å². The normalized spacial score (nSPS) is 13.4. The van der Waals surface area contributed by atoms with E-state index in [2.05, 4.69) is 239 Å². The first kappa shape index (κ1) is 43.7. The van der Waals surface area contributed by atoms with Gasteiger partial charge in [-0.25, -0.2) is 0 Å². The van der Waals surface area contributed by atoms with E-state index < -0.39 is 0 Å². The number of rotatable bonds is 2. The van der Waals surface area contributed by atoms with Crippen molar-refractivity contribution in [3.63, 3.8) is 0 Å². The standard InChI is InChI=1S/C67H62N2O2/c1-37-26-60-61(52-29-38-14-20-46(27-40(38)31-58(52)70-60)68-54-22-16-42(64(2,3)4)33-48(54)49-34-43(65(5,6)7)17-23-55(49)68)62-53-30-39-15-21-47(28-41(39)32-59(53)71-63(37)62)69-56-24-18-44(66(8,9)10)35-50(56)51-36-45(67(11,12)13)19-25-57(51)69/h14-36H,1-13H3. The molecule has 0 spiro atoms. The highest BCUT2D eigenvalue weighted by molar-refractivity contribution is 6.28. The third-order valence-electron chi connectivity index (χ3n) is 15.8. The van der Waals surface area contributed by atoms with Gasteiger partial charge in [0, 0.05) is 54.5 Å². The molecule has 0 unspecified atom stereocenters. The van der Waals surface area contributed by atoms with Gasteiger partial charge in [-0.15, -0.1) is 0 Å². The van der Waals surface area contributed by atoms with Crippen LogP contribution in [0.2, 0.25) is 0 Å². The van der Waals surface area contributed by atoms with Crippen LogP contribution < -0.4 is 0 Å². The Morgan fingerprint density at radius 2 is 0.676 bits per heavy atom. The van der Waals surface area contributed by atoms with Crippen molar-refractivity contribution in [3.05, 3.63) is 167 Å². The fourth-order valence-corrected chi connectivity index (χ4v) is 11.6. The van der Waals surface area contributed by atoms with E-state index in [1.54, 1.807) is 0 Å². The van der Waals surface area contributed by atoms with Crippen molar-refractivity contribution in [1.29, 1.82) is 0 Å². The first-order chi connectivity index (χ1) is 33.6. The van der Waals surface area contributed by atoms with Crippen LogP contribution in [0, 0.1) is 6.92 Å². The minimum atomic E-state index is 0.0414. The Balaban J connectivity index is 0.960. The molecule has 0 amide bonds. The minimum absolute atomic E-state index is 0.0414. The van der Waals surface area contributed by atoms with Gasteiger partial charge in [0.15, 0.2) is 0 Å². The van der Waals surface area contributed by atoms with E-state index in [9.17, 15) is 0 Å². The summed E-state index contributed by atoms with van der Waals surface area (Å²) in [5.41, 5.74) is 17.3. The van der Waals surface area contributed by atoms with Crippen LogP contribution >= 0.6 is 0 Å². The Morgan fingerprint density at radius 1 is 0.310 bits per heavy atom. The smallest absolute Gasteiger partial charge is 0.139 e. The topological polar surface area (TPSA) is 36.1 Å².